The van der Waals surface area contributed by atoms with Gasteiger partial charge in [0, 0.05) is 6.42 Å². The second kappa shape index (κ2) is 6.14. The normalized spacial score (nSPS) is 13.6. The summed E-state index contributed by atoms with van der Waals surface area (Å²) in [7, 11) is 3.13. The Morgan fingerprint density at radius 2 is 1.76 bits per heavy atom. The molecule has 0 radical (unpaired) electrons. The van der Waals surface area contributed by atoms with Gasteiger partial charge in [0.05, 0.1) is 19.8 Å². The summed E-state index contributed by atoms with van der Waals surface area (Å²) >= 11 is 0. The Hall–Kier alpha value is -2.07. The van der Waals surface area contributed by atoms with Crippen LogP contribution in [0.25, 0.3) is 0 Å². The lowest BCUT2D eigenvalue weighted by atomic mass is 9.89. The molecule has 0 aliphatic heterocycles. The molecule has 0 bridgehead atoms. The minimum Gasteiger partial charge on any atom is -0.493 e. The Labute approximate surface area is 124 Å². The van der Waals surface area contributed by atoms with Gasteiger partial charge in [-0.15, -0.1) is 0 Å². The molecule has 0 heterocycles. The monoisotopic (exact) mass is 290 g/mol. The minimum atomic E-state index is -1.16. The molecule has 1 unspecified atom stereocenters. The fourth-order valence-corrected chi connectivity index (χ4v) is 2.31. The molecule has 0 aliphatic carbocycles. The molecule has 0 saturated carbocycles. The highest BCUT2D eigenvalue weighted by atomic mass is 19.1. The van der Waals surface area contributed by atoms with Gasteiger partial charge in [0.15, 0.2) is 11.5 Å². The summed E-state index contributed by atoms with van der Waals surface area (Å²) in [6.45, 7) is 1.67. The van der Waals surface area contributed by atoms with E-state index in [-0.39, 0.29) is 5.82 Å². The van der Waals surface area contributed by atoms with Crippen molar-refractivity contribution in [3.05, 3.63) is 59.4 Å². The lowest BCUT2D eigenvalue weighted by molar-refractivity contribution is 0.0572. The van der Waals surface area contributed by atoms with Gasteiger partial charge in [0.2, 0.25) is 0 Å². The standard InChI is InChI=1S/C17H19FO3/c1-17(19,13-5-4-6-14(18)10-13)11-12-7-8-15(20-2)16(9-12)21-3/h4-10,19H,11H2,1-3H3. The summed E-state index contributed by atoms with van der Waals surface area (Å²) in [6.07, 6.45) is 0.344. The minimum absolute atomic E-state index is 0.344. The van der Waals surface area contributed by atoms with Crippen molar-refractivity contribution in [2.45, 2.75) is 18.9 Å². The van der Waals surface area contributed by atoms with E-state index in [0.717, 1.165) is 5.56 Å². The topological polar surface area (TPSA) is 38.7 Å². The van der Waals surface area contributed by atoms with Gasteiger partial charge in [-0.25, -0.2) is 4.39 Å². The SMILES string of the molecule is COc1ccc(CC(C)(O)c2cccc(F)c2)cc1OC. The van der Waals surface area contributed by atoms with Crippen LogP contribution >= 0.6 is 0 Å². The highest BCUT2D eigenvalue weighted by molar-refractivity contribution is 5.43. The van der Waals surface area contributed by atoms with Crippen LogP contribution < -0.4 is 9.47 Å². The first-order chi connectivity index (χ1) is 9.96. The molecule has 2 rings (SSSR count). The van der Waals surface area contributed by atoms with Gasteiger partial charge in [-0.05, 0) is 42.3 Å². The van der Waals surface area contributed by atoms with Gasteiger partial charge < -0.3 is 14.6 Å². The third-order valence-corrected chi connectivity index (χ3v) is 3.44. The first-order valence-electron chi connectivity index (χ1n) is 6.65. The molecule has 4 heteroatoms. The first-order valence-corrected chi connectivity index (χ1v) is 6.65. The molecule has 3 nitrogen and oxygen atoms in total. The van der Waals surface area contributed by atoms with Crippen LogP contribution in [0.1, 0.15) is 18.1 Å². The Balaban J connectivity index is 2.28. The third-order valence-electron chi connectivity index (χ3n) is 3.44. The first kappa shape index (κ1) is 15.3. The zero-order chi connectivity index (χ0) is 15.5. The van der Waals surface area contributed by atoms with Crippen molar-refractivity contribution in [2.75, 3.05) is 14.2 Å². The molecule has 21 heavy (non-hydrogen) atoms. The van der Waals surface area contributed by atoms with Crippen molar-refractivity contribution in [3.63, 3.8) is 0 Å². The average molecular weight is 290 g/mol. The Bertz CT molecular complexity index is 623. The van der Waals surface area contributed by atoms with Crippen LogP contribution in [-0.4, -0.2) is 19.3 Å². The number of hydrogen-bond donors (Lipinski definition) is 1. The fraction of sp³-hybridized carbons (Fsp3) is 0.294. The maximum Gasteiger partial charge on any atom is 0.160 e. The lowest BCUT2D eigenvalue weighted by Crippen LogP contribution is -2.24. The van der Waals surface area contributed by atoms with Crippen LogP contribution in [0.3, 0.4) is 0 Å². The van der Waals surface area contributed by atoms with Crippen molar-refractivity contribution in [1.82, 2.24) is 0 Å². The third kappa shape index (κ3) is 3.52. The van der Waals surface area contributed by atoms with E-state index in [9.17, 15) is 9.50 Å². The van der Waals surface area contributed by atoms with Crippen molar-refractivity contribution >= 4 is 0 Å². The number of halogens is 1. The van der Waals surface area contributed by atoms with Gasteiger partial charge in [-0.2, -0.15) is 0 Å². The summed E-state index contributed by atoms with van der Waals surface area (Å²) < 4.78 is 23.7. The quantitative estimate of drug-likeness (QED) is 0.918. The zero-order valence-corrected chi connectivity index (χ0v) is 12.4. The van der Waals surface area contributed by atoms with Crippen LogP contribution in [0.15, 0.2) is 42.5 Å². The Morgan fingerprint density at radius 1 is 1.05 bits per heavy atom. The van der Waals surface area contributed by atoms with Crippen LogP contribution in [-0.2, 0) is 12.0 Å². The number of aliphatic hydroxyl groups is 1. The second-order valence-electron chi connectivity index (χ2n) is 5.15. The fourth-order valence-electron chi connectivity index (χ4n) is 2.31. The van der Waals surface area contributed by atoms with E-state index in [0.29, 0.717) is 23.5 Å². The molecule has 112 valence electrons. The molecular weight excluding hydrogens is 271 g/mol. The van der Waals surface area contributed by atoms with Crippen LogP contribution in [0.5, 0.6) is 11.5 Å². The molecule has 2 aromatic rings. The van der Waals surface area contributed by atoms with Crippen LogP contribution in [0.4, 0.5) is 4.39 Å². The van der Waals surface area contributed by atoms with E-state index >= 15 is 0 Å². The van der Waals surface area contributed by atoms with Crippen molar-refractivity contribution in [3.8, 4) is 11.5 Å². The van der Waals surface area contributed by atoms with E-state index in [1.807, 2.05) is 12.1 Å². The van der Waals surface area contributed by atoms with Crippen molar-refractivity contribution in [2.24, 2.45) is 0 Å². The number of ether oxygens (including phenoxy) is 2. The predicted molar refractivity (Wildman–Crippen MR) is 79.2 cm³/mol. The smallest absolute Gasteiger partial charge is 0.160 e. The molecule has 0 fully saturated rings. The molecule has 0 saturated heterocycles. The van der Waals surface area contributed by atoms with Crippen molar-refractivity contribution in [1.29, 1.82) is 0 Å². The number of benzene rings is 2. The van der Waals surface area contributed by atoms with E-state index < -0.39 is 5.60 Å². The zero-order valence-electron chi connectivity index (χ0n) is 12.4. The van der Waals surface area contributed by atoms with E-state index in [1.54, 1.807) is 39.3 Å². The highest BCUT2D eigenvalue weighted by Gasteiger charge is 2.24. The largest absolute Gasteiger partial charge is 0.493 e. The average Bonchev–Trinajstić information content (AvgIpc) is 2.46. The van der Waals surface area contributed by atoms with Crippen molar-refractivity contribution < 1.29 is 19.0 Å². The summed E-state index contributed by atoms with van der Waals surface area (Å²) in [5.74, 6) is 0.872. The Morgan fingerprint density at radius 3 is 2.38 bits per heavy atom. The Kier molecular flexibility index (Phi) is 4.48. The van der Waals surface area contributed by atoms with Gasteiger partial charge in [-0.3, -0.25) is 0 Å². The highest BCUT2D eigenvalue weighted by Crippen LogP contribution is 2.31. The van der Waals surface area contributed by atoms with Gasteiger partial charge in [0.1, 0.15) is 5.82 Å². The second-order valence-corrected chi connectivity index (χ2v) is 5.15. The molecule has 0 aromatic heterocycles. The number of rotatable bonds is 5. The molecule has 1 N–H and O–H groups in total. The molecule has 0 spiro atoms. The van der Waals surface area contributed by atoms with Gasteiger partial charge in [0.25, 0.3) is 0 Å². The van der Waals surface area contributed by atoms with Gasteiger partial charge >= 0.3 is 0 Å². The molecule has 2 aromatic carbocycles. The lowest BCUT2D eigenvalue weighted by Gasteiger charge is -2.24. The van der Waals surface area contributed by atoms with Crippen LogP contribution in [0, 0.1) is 5.82 Å². The summed E-state index contributed by atoms with van der Waals surface area (Å²) in [5.41, 5.74) is 0.251. The maximum absolute atomic E-state index is 13.3. The summed E-state index contributed by atoms with van der Waals surface area (Å²) in [5, 5.41) is 10.6. The van der Waals surface area contributed by atoms with Crippen LogP contribution in [0.2, 0.25) is 0 Å². The molecule has 1 atom stereocenters. The predicted octanol–water partition coefficient (Wildman–Crippen LogP) is 3.29. The van der Waals surface area contributed by atoms with E-state index in [2.05, 4.69) is 0 Å². The maximum atomic E-state index is 13.3. The number of methoxy groups -OCH3 is 2. The summed E-state index contributed by atoms with van der Waals surface area (Å²) in [6, 6.07) is 11.5. The number of hydrogen-bond acceptors (Lipinski definition) is 3. The summed E-state index contributed by atoms with van der Waals surface area (Å²) in [4.78, 5) is 0. The van der Waals surface area contributed by atoms with E-state index in [4.69, 9.17) is 9.47 Å². The van der Waals surface area contributed by atoms with Gasteiger partial charge in [-0.1, -0.05) is 18.2 Å². The molecular formula is C17H19FO3. The molecule has 0 aliphatic rings. The van der Waals surface area contributed by atoms with E-state index in [1.165, 1.54) is 12.1 Å². The molecule has 0 amide bonds.